The van der Waals surface area contributed by atoms with Gasteiger partial charge < -0.3 is 10.2 Å². The molecule has 1 aliphatic rings. The van der Waals surface area contributed by atoms with Crippen LogP contribution >= 0.6 is 0 Å². The molecule has 1 N–H and O–H groups in total. The molecule has 0 radical (unpaired) electrons. The molecule has 0 aromatic heterocycles. The smallest absolute Gasteiger partial charge is 0.217 e. The van der Waals surface area contributed by atoms with Crippen LogP contribution in [0, 0.1) is 7.05 Å². The van der Waals surface area contributed by atoms with Crippen molar-refractivity contribution in [1.29, 1.82) is 0 Å². The maximum atomic E-state index is 10.6. The Labute approximate surface area is 61.4 Å². The van der Waals surface area contributed by atoms with Gasteiger partial charge in [-0.3, -0.25) is 11.8 Å². The molecule has 1 fully saturated rings. The summed E-state index contributed by atoms with van der Waals surface area (Å²) in [6.45, 7) is 3.43. The molecule has 10 heavy (non-hydrogen) atoms. The van der Waals surface area contributed by atoms with Gasteiger partial charge in [-0.25, -0.2) is 0 Å². The van der Waals surface area contributed by atoms with Crippen LogP contribution in [0.3, 0.4) is 0 Å². The van der Waals surface area contributed by atoms with Gasteiger partial charge >= 0.3 is 0 Å². The van der Waals surface area contributed by atoms with Crippen LogP contribution in [0.25, 0.3) is 0 Å². The largest absolute Gasteiger partial charge is 0.457 e. The fourth-order valence-corrected chi connectivity index (χ4v) is 1.24. The Kier molecular flexibility index (Phi) is 2.27. The lowest BCUT2D eigenvalue weighted by atomic mass is 10.3. The molecular weight excluding hydrogens is 128 g/mol. The topological polar surface area (TPSA) is 32.3 Å². The number of carbonyl (C=O) groups excluding carboxylic acids is 1. The molecule has 58 valence electrons. The second-order valence-electron chi connectivity index (χ2n) is 2.76. The summed E-state index contributed by atoms with van der Waals surface area (Å²) >= 11 is 0. The average molecular weight is 141 g/mol. The zero-order valence-electron chi connectivity index (χ0n) is 6.26. The van der Waals surface area contributed by atoms with E-state index in [0.717, 1.165) is 19.5 Å². The maximum absolute atomic E-state index is 10.6. The van der Waals surface area contributed by atoms with Gasteiger partial charge in [-0.2, -0.15) is 0 Å². The Bertz CT molecular complexity index is 136. The highest BCUT2D eigenvalue weighted by Crippen LogP contribution is 2.06. The normalized spacial score (nSPS) is 26.8. The summed E-state index contributed by atoms with van der Waals surface area (Å²) in [5, 5.41) is 2.85. The first kappa shape index (κ1) is 7.54. The van der Waals surface area contributed by atoms with Crippen molar-refractivity contribution in [3.8, 4) is 0 Å². The molecule has 1 heterocycles. The standard InChI is InChI=1S/C7H13N2O/c1-6(10)8-7-3-4-9(2)5-7/h7H,2-5H2,1H3,(H,8,10)/q-1. The van der Waals surface area contributed by atoms with Crippen LogP contribution in [0.4, 0.5) is 0 Å². The Morgan fingerprint density at radius 2 is 2.50 bits per heavy atom. The van der Waals surface area contributed by atoms with E-state index in [4.69, 9.17) is 0 Å². The van der Waals surface area contributed by atoms with Crippen molar-refractivity contribution >= 4 is 5.91 Å². The lowest BCUT2D eigenvalue weighted by molar-refractivity contribution is -0.119. The van der Waals surface area contributed by atoms with Gasteiger partial charge in [-0.15, -0.1) is 0 Å². The third-order valence-corrected chi connectivity index (χ3v) is 1.68. The highest BCUT2D eigenvalue weighted by Gasteiger charge is 2.15. The molecule has 0 saturated carbocycles. The lowest BCUT2D eigenvalue weighted by Crippen LogP contribution is -2.34. The lowest BCUT2D eigenvalue weighted by Gasteiger charge is -2.16. The summed E-state index contributed by atoms with van der Waals surface area (Å²) in [7, 11) is 3.78. The molecule has 1 aliphatic heterocycles. The molecule has 1 saturated heterocycles. The molecule has 3 heteroatoms. The predicted octanol–water partition coefficient (Wildman–Crippen LogP) is -0.0116. The number of carbonyl (C=O) groups is 1. The van der Waals surface area contributed by atoms with E-state index < -0.39 is 0 Å². The minimum Gasteiger partial charge on any atom is -0.457 e. The Morgan fingerprint density at radius 1 is 1.80 bits per heavy atom. The number of hydrogen-bond acceptors (Lipinski definition) is 2. The highest BCUT2D eigenvalue weighted by atomic mass is 16.1. The van der Waals surface area contributed by atoms with E-state index in [1.807, 2.05) is 4.90 Å². The first-order chi connectivity index (χ1) is 4.68. The van der Waals surface area contributed by atoms with Crippen molar-refractivity contribution in [2.75, 3.05) is 13.1 Å². The summed E-state index contributed by atoms with van der Waals surface area (Å²) in [6.07, 6.45) is 1.03. The van der Waals surface area contributed by atoms with Crippen molar-refractivity contribution in [2.45, 2.75) is 19.4 Å². The van der Waals surface area contributed by atoms with E-state index in [1.165, 1.54) is 0 Å². The van der Waals surface area contributed by atoms with Gasteiger partial charge in [0.15, 0.2) is 0 Å². The number of nitrogens with zero attached hydrogens (tertiary/aromatic N) is 1. The van der Waals surface area contributed by atoms with Crippen LogP contribution in [0.15, 0.2) is 0 Å². The molecular formula is C7H13N2O-. The van der Waals surface area contributed by atoms with Crippen LogP contribution in [0.1, 0.15) is 13.3 Å². The van der Waals surface area contributed by atoms with Gasteiger partial charge in [0.1, 0.15) is 0 Å². The quantitative estimate of drug-likeness (QED) is 0.521. The SMILES string of the molecule is [CH2-]N1CCC(NC(C)=O)C1. The van der Waals surface area contributed by atoms with Crippen molar-refractivity contribution in [2.24, 2.45) is 0 Å². The molecule has 0 bridgehead atoms. The zero-order chi connectivity index (χ0) is 7.56. The first-order valence-corrected chi connectivity index (χ1v) is 3.51. The van der Waals surface area contributed by atoms with E-state index in [0.29, 0.717) is 6.04 Å². The van der Waals surface area contributed by atoms with Gasteiger partial charge in [0.2, 0.25) is 5.91 Å². The van der Waals surface area contributed by atoms with E-state index in [-0.39, 0.29) is 5.91 Å². The minimum atomic E-state index is 0.0558. The highest BCUT2D eigenvalue weighted by molar-refractivity contribution is 5.73. The number of hydrogen-bond donors (Lipinski definition) is 1. The minimum absolute atomic E-state index is 0.0558. The third-order valence-electron chi connectivity index (χ3n) is 1.68. The summed E-state index contributed by atoms with van der Waals surface area (Å²) in [6, 6.07) is 0.329. The van der Waals surface area contributed by atoms with Crippen LogP contribution in [0.2, 0.25) is 0 Å². The first-order valence-electron chi connectivity index (χ1n) is 3.51. The van der Waals surface area contributed by atoms with Crippen molar-refractivity contribution in [3.05, 3.63) is 7.05 Å². The number of nitrogens with one attached hydrogen (secondary N) is 1. The second kappa shape index (κ2) is 3.01. The monoisotopic (exact) mass is 141 g/mol. The van der Waals surface area contributed by atoms with Crippen LogP contribution in [-0.4, -0.2) is 29.9 Å². The van der Waals surface area contributed by atoms with E-state index in [2.05, 4.69) is 12.4 Å². The molecule has 0 aliphatic carbocycles. The maximum Gasteiger partial charge on any atom is 0.217 e. The molecule has 1 amide bonds. The van der Waals surface area contributed by atoms with Gasteiger partial charge in [0.05, 0.1) is 0 Å². The fraction of sp³-hybridized carbons (Fsp3) is 0.714. The molecule has 0 spiro atoms. The molecule has 3 nitrogen and oxygen atoms in total. The van der Waals surface area contributed by atoms with E-state index in [9.17, 15) is 4.79 Å². The second-order valence-corrected chi connectivity index (χ2v) is 2.76. The average Bonchev–Trinajstić information content (AvgIpc) is 2.13. The van der Waals surface area contributed by atoms with Gasteiger partial charge in [0, 0.05) is 13.0 Å². The summed E-state index contributed by atoms with van der Waals surface area (Å²) in [5.74, 6) is 0.0558. The Hall–Kier alpha value is -0.570. The Balaban J connectivity index is 2.24. The molecule has 0 aromatic carbocycles. The Morgan fingerprint density at radius 3 is 2.90 bits per heavy atom. The van der Waals surface area contributed by atoms with Crippen molar-refractivity contribution < 1.29 is 4.79 Å². The van der Waals surface area contributed by atoms with Crippen LogP contribution < -0.4 is 5.32 Å². The van der Waals surface area contributed by atoms with Crippen LogP contribution in [0.5, 0.6) is 0 Å². The zero-order valence-corrected chi connectivity index (χ0v) is 6.26. The van der Waals surface area contributed by atoms with E-state index in [1.54, 1.807) is 6.92 Å². The molecule has 1 unspecified atom stereocenters. The van der Waals surface area contributed by atoms with Gasteiger partial charge in [0.25, 0.3) is 0 Å². The van der Waals surface area contributed by atoms with Crippen molar-refractivity contribution in [3.63, 3.8) is 0 Å². The van der Waals surface area contributed by atoms with Gasteiger partial charge in [-0.1, -0.05) is 0 Å². The third kappa shape index (κ3) is 1.99. The molecule has 1 atom stereocenters. The summed E-state index contributed by atoms with van der Waals surface area (Å²) in [4.78, 5) is 12.5. The van der Waals surface area contributed by atoms with E-state index >= 15 is 0 Å². The number of rotatable bonds is 1. The van der Waals surface area contributed by atoms with Crippen LogP contribution in [-0.2, 0) is 4.79 Å². The van der Waals surface area contributed by atoms with Crippen molar-refractivity contribution in [1.82, 2.24) is 10.2 Å². The fourth-order valence-electron chi connectivity index (χ4n) is 1.24. The predicted molar refractivity (Wildman–Crippen MR) is 39.2 cm³/mol. The van der Waals surface area contributed by atoms with Gasteiger partial charge in [-0.05, 0) is 19.5 Å². The molecule has 1 rings (SSSR count). The summed E-state index contributed by atoms with van der Waals surface area (Å²) in [5.41, 5.74) is 0. The number of amides is 1. The molecule has 0 aromatic rings. The summed E-state index contributed by atoms with van der Waals surface area (Å²) < 4.78 is 0. The number of likely N-dealkylation sites (tertiary alicyclic amines) is 1.